The van der Waals surface area contributed by atoms with Gasteiger partial charge in [0.05, 0.1) is 18.1 Å². The van der Waals surface area contributed by atoms with E-state index in [2.05, 4.69) is 43.1 Å². The number of rotatable bonds is 3. The van der Waals surface area contributed by atoms with E-state index in [1.54, 1.807) is 17.2 Å². The maximum atomic E-state index is 4.17. The highest BCUT2D eigenvalue weighted by Gasteiger charge is 2.06. The van der Waals surface area contributed by atoms with E-state index >= 15 is 0 Å². The van der Waals surface area contributed by atoms with E-state index in [0.29, 0.717) is 0 Å². The fourth-order valence-electron chi connectivity index (χ4n) is 1.96. The van der Waals surface area contributed by atoms with Gasteiger partial charge in [-0.1, -0.05) is 19.4 Å². The van der Waals surface area contributed by atoms with Crippen LogP contribution in [0.4, 0.5) is 0 Å². The first kappa shape index (κ1) is 10.9. The number of aryl methyl sites for hydroxylation is 3. The molecule has 1 aromatic heterocycles. The van der Waals surface area contributed by atoms with E-state index in [1.165, 1.54) is 23.1 Å². The zero-order chi connectivity index (χ0) is 11.5. The number of hydrogen-bond acceptors (Lipinski definition) is 2. The van der Waals surface area contributed by atoms with E-state index in [1.807, 2.05) is 0 Å². The molecule has 84 valence electrons. The number of aromatic nitrogens is 3. The second kappa shape index (κ2) is 4.47. The highest BCUT2D eigenvalue weighted by atomic mass is 15.5. The Kier molecular flexibility index (Phi) is 3.04. The van der Waals surface area contributed by atoms with Gasteiger partial charge in [-0.3, -0.25) is 0 Å². The van der Waals surface area contributed by atoms with Crippen LogP contribution in [0.3, 0.4) is 0 Å². The van der Waals surface area contributed by atoms with Crippen molar-refractivity contribution in [1.82, 2.24) is 15.0 Å². The number of nitrogens with zero attached hydrogens (tertiary/aromatic N) is 3. The SMILES string of the molecule is CCCc1cc(C)c(-n2nccn2)cc1C. The minimum absolute atomic E-state index is 1.07. The van der Waals surface area contributed by atoms with Crippen LogP contribution >= 0.6 is 0 Å². The van der Waals surface area contributed by atoms with Gasteiger partial charge in [-0.15, -0.1) is 0 Å². The second-order valence-electron chi connectivity index (χ2n) is 4.13. The highest BCUT2D eigenvalue weighted by molar-refractivity contribution is 5.45. The zero-order valence-electron chi connectivity index (χ0n) is 10.1. The van der Waals surface area contributed by atoms with Crippen molar-refractivity contribution in [2.45, 2.75) is 33.6 Å². The van der Waals surface area contributed by atoms with Gasteiger partial charge in [0.2, 0.25) is 0 Å². The first-order valence-electron chi connectivity index (χ1n) is 5.69. The van der Waals surface area contributed by atoms with Gasteiger partial charge in [0, 0.05) is 0 Å². The average molecular weight is 215 g/mol. The molecule has 1 aromatic carbocycles. The predicted molar refractivity (Wildman–Crippen MR) is 64.8 cm³/mol. The fourth-order valence-corrected chi connectivity index (χ4v) is 1.96. The molecular formula is C13H17N3. The van der Waals surface area contributed by atoms with Crippen LogP contribution in [-0.2, 0) is 6.42 Å². The van der Waals surface area contributed by atoms with Crippen molar-refractivity contribution in [3.05, 3.63) is 41.2 Å². The Bertz CT molecular complexity index is 472. The zero-order valence-corrected chi connectivity index (χ0v) is 10.1. The van der Waals surface area contributed by atoms with Gasteiger partial charge in [-0.25, -0.2) is 0 Å². The molecule has 2 rings (SSSR count). The molecule has 0 saturated carbocycles. The third-order valence-electron chi connectivity index (χ3n) is 2.81. The molecule has 0 radical (unpaired) electrons. The van der Waals surface area contributed by atoms with Gasteiger partial charge in [0.15, 0.2) is 0 Å². The molecule has 0 fully saturated rings. The Labute approximate surface area is 96.1 Å². The normalized spacial score (nSPS) is 10.7. The molecule has 0 saturated heterocycles. The summed E-state index contributed by atoms with van der Waals surface area (Å²) in [6, 6.07) is 4.41. The Morgan fingerprint density at radius 2 is 1.75 bits per heavy atom. The van der Waals surface area contributed by atoms with Crippen LogP contribution in [0.15, 0.2) is 24.5 Å². The summed E-state index contributed by atoms with van der Waals surface area (Å²) in [7, 11) is 0. The Morgan fingerprint density at radius 1 is 1.06 bits per heavy atom. The van der Waals surface area contributed by atoms with Crippen molar-refractivity contribution < 1.29 is 0 Å². The molecule has 0 bridgehead atoms. The summed E-state index contributed by atoms with van der Waals surface area (Å²) in [5.74, 6) is 0. The van der Waals surface area contributed by atoms with E-state index < -0.39 is 0 Å². The molecule has 1 heterocycles. The summed E-state index contributed by atoms with van der Waals surface area (Å²) in [4.78, 5) is 1.68. The molecule has 0 atom stereocenters. The lowest BCUT2D eigenvalue weighted by Gasteiger charge is -2.10. The molecule has 0 aliphatic heterocycles. The standard InChI is InChI=1S/C13H17N3/c1-4-5-12-8-11(3)13(9-10(12)2)16-14-6-7-15-16/h6-9H,4-5H2,1-3H3. The Morgan fingerprint density at radius 3 is 2.38 bits per heavy atom. The second-order valence-corrected chi connectivity index (χ2v) is 4.13. The lowest BCUT2D eigenvalue weighted by atomic mass is 10.0. The smallest absolute Gasteiger partial charge is 0.0888 e. The van der Waals surface area contributed by atoms with E-state index in [0.717, 1.165) is 12.1 Å². The van der Waals surface area contributed by atoms with Gasteiger partial charge < -0.3 is 0 Å². The van der Waals surface area contributed by atoms with Gasteiger partial charge in [0.25, 0.3) is 0 Å². The molecule has 3 nitrogen and oxygen atoms in total. The van der Waals surface area contributed by atoms with Crippen LogP contribution in [0, 0.1) is 13.8 Å². The summed E-state index contributed by atoms with van der Waals surface area (Å²) in [6.45, 7) is 6.46. The molecule has 16 heavy (non-hydrogen) atoms. The summed E-state index contributed by atoms with van der Waals surface area (Å²) >= 11 is 0. The van der Waals surface area contributed by atoms with Gasteiger partial charge >= 0.3 is 0 Å². The van der Waals surface area contributed by atoms with Crippen molar-refractivity contribution >= 4 is 0 Å². The number of benzene rings is 1. The van der Waals surface area contributed by atoms with Crippen LogP contribution in [-0.4, -0.2) is 15.0 Å². The third-order valence-corrected chi connectivity index (χ3v) is 2.81. The summed E-state index contributed by atoms with van der Waals surface area (Å²) < 4.78 is 0. The quantitative estimate of drug-likeness (QED) is 0.788. The summed E-state index contributed by atoms with van der Waals surface area (Å²) in [5.41, 5.74) is 5.04. The molecule has 0 N–H and O–H groups in total. The highest BCUT2D eigenvalue weighted by Crippen LogP contribution is 2.19. The van der Waals surface area contributed by atoms with Crippen LogP contribution in [0.5, 0.6) is 0 Å². The minimum Gasteiger partial charge on any atom is -0.157 e. The predicted octanol–water partition coefficient (Wildman–Crippen LogP) is 2.84. The number of hydrogen-bond donors (Lipinski definition) is 0. The van der Waals surface area contributed by atoms with Crippen molar-refractivity contribution in [2.24, 2.45) is 0 Å². The minimum atomic E-state index is 1.07. The fraction of sp³-hybridized carbons (Fsp3) is 0.385. The van der Waals surface area contributed by atoms with E-state index in [4.69, 9.17) is 0 Å². The molecule has 2 aromatic rings. The van der Waals surface area contributed by atoms with Gasteiger partial charge in [-0.2, -0.15) is 15.0 Å². The van der Waals surface area contributed by atoms with Crippen LogP contribution in [0.25, 0.3) is 5.69 Å². The Balaban J connectivity index is 2.46. The molecule has 0 aliphatic rings. The lowest BCUT2D eigenvalue weighted by Crippen LogP contribution is -2.03. The molecule has 0 spiro atoms. The van der Waals surface area contributed by atoms with Gasteiger partial charge in [0.1, 0.15) is 0 Å². The van der Waals surface area contributed by atoms with Crippen molar-refractivity contribution in [1.29, 1.82) is 0 Å². The third kappa shape index (κ3) is 1.98. The lowest BCUT2D eigenvalue weighted by molar-refractivity contribution is 0.745. The monoisotopic (exact) mass is 215 g/mol. The van der Waals surface area contributed by atoms with Crippen LogP contribution in [0.1, 0.15) is 30.0 Å². The largest absolute Gasteiger partial charge is 0.157 e. The van der Waals surface area contributed by atoms with E-state index in [-0.39, 0.29) is 0 Å². The van der Waals surface area contributed by atoms with E-state index in [9.17, 15) is 0 Å². The summed E-state index contributed by atoms with van der Waals surface area (Å²) in [5, 5.41) is 8.34. The first-order valence-corrected chi connectivity index (χ1v) is 5.69. The summed E-state index contributed by atoms with van der Waals surface area (Å²) in [6.07, 6.45) is 5.72. The molecule has 0 unspecified atom stereocenters. The Hall–Kier alpha value is -1.64. The van der Waals surface area contributed by atoms with Crippen molar-refractivity contribution in [2.75, 3.05) is 0 Å². The van der Waals surface area contributed by atoms with Gasteiger partial charge in [-0.05, 0) is 43.0 Å². The van der Waals surface area contributed by atoms with Crippen LogP contribution < -0.4 is 0 Å². The topological polar surface area (TPSA) is 30.7 Å². The first-order chi connectivity index (χ1) is 7.72. The maximum Gasteiger partial charge on any atom is 0.0888 e. The molecule has 0 amide bonds. The average Bonchev–Trinajstić information content (AvgIpc) is 2.76. The van der Waals surface area contributed by atoms with Crippen molar-refractivity contribution in [3.63, 3.8) is 0 Å². The van der Waals surface area contributed by atoms with Crippen LogP contribution in [0.2, 0.25) is 0 Å². The maximum absolute atomic E-state index is 4.17. The van der Waals surface area contributed by atoms with Crippen molar-refractivity contribution in [3.8, 4) is 5.69 Å². The molecule has 3 heteroatoms. The molecule has 0 aliphatic carbocycles. The molecular weight excluding hydrogens is 198 g/mol.